The molecule has 1 saturated carbocycles. The van der Waals surface area contributed by atoms with E-state index in [0.29, 0.717) is 30.0 Å². The summed E-state index contributed by atoms with van der Waals surface area (Å²) in [6.07, 6.45) is 6.89. The fourth-order valence-electron chi connectivity index (χ4n) is 4.06. The van der Waals surface area contributed by atoms with Gasteiger partial charge in [0, 0.05) is 18.4 Å². The minimum atomic E-state index is -3.95. The Balaban J connectivity index is 1.42. The molecule has 3 N–H and O–H groups in total. The van der Waals surface area contributed by atoms with E-state index in [4.69, 9.17) is 9.32 Å². The SMILES string of the molecule is Cc1cccc(Cn2ccc(C(=O)c3cncnc3N[C@H]3CC[C@@H](COS(N)(=O)=O)C3)n2)c1. The van der Waals surface area contributed by atoms with Gasteiger partial charge in [-0.05, 0) is 43.7 Å². The molecule has 174 valence electrons. The highest BCUT2D eigenvalue weighted by Crippen LogP contribution is 2.29. The van der Waals surface area contributed by atoms with E-state index in [1.54, 1.807) is 16.9 Å². The van der Waals surface area contributed by atoms with Crippen LogP contribution in [0.2, 0.25) is 0 Å². The normalized spacial score (nSPS) is 18.4. The van der Waals surface area contributed by atoms with Crippen LogP contribution < -0.4 is 10.5 Å². The second-order valence-corrected chi connectivity index (χ2v) is 9.52. The van der Waals surface area contributed by atoms with Crippen molar-refractivity contribution in [2.24, 2.45) is 11.1 Å². The second kappa shape index (κ2) is 9.77. The van der Waals surface area contributed by atoms with Gasteiger partial charge in [-0.1, -0.05) is 29.8 Å². The lowest BCUT2D eigenvalue weighted by Crippen LogP contribution is -2.22. The van der Waals surface area contributed by atoms with Gasteiger partial charge in [-0.3, -0.25) is 13.7 Å². The molecule has 11 heteroatoms. The van der Waals surface area contributed by atoms with Gasteiger partial charge in [0.05, 0.1) is 18.7 Å². The van der Waals surface area contributed by atoms with Gasteiger partial charge in [-0.15, -0.1) is 0 Å². The Kier molecular flexibility index (Phi) is 6.82. The molecule has 1 aliphatic carbocycles. The van der Waals surface area contributed by atoms with Crippen molar-refractivity contribution < 1.29 is 17.4 Å². The van der Waals surface area contributed by atoms with Gasteiger partial charge < -0.3 is 5.32 Å². The van der Waals surface area contributed by atoms with Gasteiger partial charge in [0.25, 0.3) is 0 Å². The number of aromatic nitrogens is 4. The third-order valence-corrected chi connectivity index (χ3v) is 6.07. The predicted octanol–water partition coefficient (Wildman–Crippen LogP) is 2.06. The molecule has 0 unspecified atom stereocenters. The van der Waals surface area contributed by atoms with Crippen molar-refractivity contribution >= 4 is 21.9 Å². The summed E-state index contributed by atoms with van der Waals surface area (Å²) in [4.78, 5) is 21.4. The Morgan fingerprint density at radius 2 is 2.15 bits per heavy atom. The van der Waals surface area contributed by atoms with Crippen LogP contribution in [-0.4, -0.2) is 46.6 Å². The smallest absolute Gasteiger partial charge is 0.333 e. The van der Waals surface area contributed by atoms with Crippen LogP contribution in [-0.2, 0) is 21.0 Å². The first kappa shape index (κ1) is 23.0. The summed E-state index contributed by atoms with van der Waals surface area (Å²) in [7, 11) is -3.95. The van der Waals surface area contributed by atoms with Crippen LogP contribution in [0.4, 0.5) is 5.82 Å². The monoisotopic (exact) mass is 470 g/mol. The topological polar surface area (TPSA) is 142 Å². The fourth-order valence-corrected chi connectivity index (χ4v) is 4.44. The van der Waals surface area contributed by atoms with Crippen LogP contribution in [0.1, 0.15) is 46.4 Å². The highest BCUT2D eigenvalue weighted by Gasteiger charge is 2.28. The van der Waals surface area contributed by atoms with E-state index in [0.717, 1.165) is 18.4 Å². The van der Waals surface area contributed by atoms with E-state index in [2.05, 4.69) is 26.4 Å². The number of anilines is 1. The van der Waals surface area contributed by atoms with Crippen LogP contribution >= 0.6 is 0 Å². The van der Waals surface area contributed by atoms with Crippen LogP contribution in [0.3, 0.4) is 0 Å². The maximum atomic E-state index is 13.1. The third kappa shape index (κ3) is 6.21. The maximum absolute atomic E-state index is 13.1. The van der Waals surface area contributed by atoms with Gasteiger partial charge in [0.1, 0.15) is 17.8 Å². The quantitative estimate of drug-likeness (QED) is 0.453. The zero-order chi connectivity index (χ0) is 23.4. The maximum Gasteiger partial charge on any atom is 0.333 e. The van der Waals surface area contributed by atoms with Gasteiger partial charge in [0.2, 0.25) is 5.78 Å². The lowest BCUT2D eigenvalue weighted by molar-refractivity contribution is 0.103. The number of ketones is 1. The van der Waals surface area contributed by atoms with E-state index in [9.17, 15) is 13.2 Å². The van der Waals surface area contributed by atoms with E-state index >= 15 is 0 Å². The summed E-state index contributed by atoms with van der Waals surface area (Å²) < 4.78 is 28.5. The van der Waals surface area contributed by atoms with Gasteiger partial charge >= 0.3 is 10.3 Å². The molecule has 0 radical (unpaired) electrons. The van der Waals surface area contributed by atoms with Crippen molar-refractivity contribution in [2.75, 3.05) is 11.9 Å². The molecule has 0 spiro atoms. The molecule has 2 heterocycles. The number of hydrogen-bond donors (Lipinski definition) is 2. The predicted molar refractivity (Wildman–Crippen MR) is 122 cm³/mol. The Labute approximate surface area is 192 Å². The van der Waals surface area contributed by atoms with Crippen LogP contribution in [0.25, 0.3) is 0 Å². The Hall–Kier alpha value is -3.15. The zero-order valence-corrected chi connectivity index (χ0v) is 19.0. The average molecular weight is 471 g/mol. The Morgan fingerprint density at radius 3 is 2.94 bits per heavy atom. The average Bonchev–Trinajstić information content (AvgIpc) is 3.41. The Bertz CT molecular complexity index is 1240. The van der Waals surface area contributed by atoms with E-state index < -0.39 is 10.3 Å². The van der Waals surface area contributed by atoms with Crippen molar-refractivity contribution in [3.63, 3.8) is 0 Å². The molecular weight excluding hydrogens is 444 g/mol. The van der Waals surface area contributed by atoms with Crippen molar-refractivity contribution in [1.29, 1.82) is 0 Å². The van der Waals surface area contributed by atoms with Crippen molar-refractivity contribution in [2.45, 2.75) is 38.8 Å². The minimum absolute atomic E-state index is 0.0272. The number of carbonyl (C=O) groups is 1. The molecule has 0 amide bonds. The number of nitrogens with two attached hydrogens (primary N) is 1. The first-order chi connectivity index (χ1) is 15.8. The second-order valence-electron chi connectivity index (χ2n) is 8.30. The number of rotatable bonds is 9. The molecule has 2 atom stereocenters. The summed E-state index contributed by atoms with van der Waals surface area (Å²) in [6.45, 7) is 2.64. The number of nitrogens with one attached hydrogen (secondary N) is 1. The molecule has 0 saturated heterocycles. The molecule has 10 nitrogen and oxygen atoms in total. The number of aryl methyl sites for hydroxylation is 1. The first-order valence-corrected chi connectivity index (χ1v) is 12.1. The summed E-state index contributed by atoms with van der Waals surface area (Å²) in [6, 6.07) is 9.84. The van der Waals surface area contributed by atoms with Crippen LogP contribution in [0, 0.1) is 12.8 Å². The Morgan fingerprint density at radius 1 is 1.30 bits per heavy atom. The molecule has 3 aromatic rings. The lowest BCUT2D eigenvalue weighted by Gasteiger charge is -2.15. The number of carbonyl (C=O) groups excluding carboxylic acids is 1. The third-order valence-electron chi connectivity index (χ3n) is 5.61. The fraction of sp³-hybridized carbons (Fsp3) is 0.364. The highest BCUT2D eigenvalue weighted by atomic mass is 32.2. The van der Waals surface area contributed by atoms with Crippen LogP contribution in [0.15, 0.2) is 49.1 Å². The van der Waals surface area contributed by atoms with Crippen molar-refractivity contribution in [1.82, 2.24) is 19.7 Å². The number of hydrogen-bond acceptors (Lipinski definition) is 8. The summed E-state index contributed by atoms with van der Waals surface area (Å²) in [5.41, 5.74) is 2.91. The summed E-state index contributed by atoms with van der Waals surface area (Å²) >= 11 is 0. The number of benzene rings is 1. The lowest BCUT2D eigenvalue weighted by atomic mass is 10.1. The van der Waals surface area contributed by atoms with Crippen LogP contribution in [0.5, 0.6) is 0 Å². The van der Waals surface area contributed by atoms with Crippen molar-refractivity contribution in [3.8, 4) is 0 Å². The minimum Gasteiger partial charge on any atom is -0.367 e. The first-order valence-electron chi connectivity index (χ1n) is 10.6. The summed E-state index contributed by atoms with van der Waals surface area (Å²) in [5.74, 6) is 0.216. The van der Waals surface area contributed by atoms with Crippen molar-refractivity contribution in [3.05, 3.63) is 71.4 Å². The van der Waals surface area contributed by atoms with E-state index in [1.165, 1.54) is 18.1 Å². The molecule has 4 rings (SSSR count). The molecule has 0 bridgehead atoms. The molecule has 1 aromatic carbocycles. The molecule has 33 heavy (non-hydrogen) atoms. The van der Waals surface area contributed by atoms with Gasteiger partial charge in [-0.25, -0.2) is 15.1 Å². The molecule has 1 fully saturated rings. The number of nitrogens with zero attached hydrogens (tertiary/aromatic N) is 4. The largest absolute Gasteiger partial charge is 0.367 e. The highest BCUT2D eigenvalue weighted by molar-refractivity contribution is 7.84. The molecule has 1 aliphatic rings. The molecule has 2 aromatic heterocycles. The van der Waals surface area contributed by atoms with E-state index in [1.807, 2.05) is 25.1 Å². The summed E-state index contributed by atoms with van der Waals surface area (Å²) in [5, 5.41) is 12.6. The zero-order valence-electron chi connectivity index (χ0n) is 18.2. The van der Waals surface area contributed by atoms with E-state index in [-0.39, 0.29) is 24.3 Å². The molecular formula is C22H26N6O4S. The standard InChI is InChI=1S/C22H26N6O4S/c1-15-3-2-4-16(9-15)12-28-8-7-20(27-28)21(29)19-11-24-14-25-22(19)26-18-6-5-17(10-18)13-32-33(23,30)31/h2-4,7-9,11,14,17-18H,5-6,10,12-13H2,1H3,(H2,23,30,31)(H,24,25,26)/t17-,18+/m1/s1. The van der Waals surface area contributed by atoms with Gasteiger partial charge in [0.15, 0.2) is 0 Å². The van der Waals surface area contributed by atoms with Gasteiger partial charge in [-0.2, -0.15) is 13.5 Å². The molecule has 0 aliphatic heterocycles.